The van der Waals surface area contributed by atoms with Crippen LogP contribution in [-0.2, 0) is 5.60 Å². The third-order valence-corrected chi connectivity index (χ3v) is 3.38. The molecule has 1 unspecified atom stereocenters. The Morgan fingerprint density at radius 1 is 1.20 bits per heavy atom. The minimum Gasteiger partial charge on any atom is -0.385 e. The maximum atomic E-state index is 10.5. The molecule has 0 radical (unpaired) electrons. The summed E-state index contributed by atoms with van der Waals surface area (Å²) in [5.41, 5.74) is 1.83. The number of nitrogens with one attached hydrogen (secondary N) is 1. The van der Waals surface area contributed by atoms with Gasteiger partial charge in [-0.2, -0.15) is 0 Å². The van der Waals surface area contributed by atoms with Gasteiger partial charge in [0.25, 0.3) is 0 Å². The minimum absolute atomic E-state index is 0.603. The van der Waals surface area contributed by atoms with Gasteiger partial charge in [0, 0.05) is 12.7 Å². The minimum atomic E-state index is -0.848. The van der Waals surface area contributed by atoms with Crippen molar-refractivity contribution in [3.63, 3.8) is 0 Å². The van der Waals surface area contributed by atoms with Gasteiger partial charge in [0.1, 0.15) is 5.82 Å². The van der Waals surface area contributed by atoms with E-state index in [4.69, 9.17) is 0 Å². The van der Waals surface area contributed by atoms with Gasteiger partial charge in [-0.05, 0) is 32.8 Å². The molecule has 1 atom stereocenters. The standard InChI is InChI=1S/C16H21N3O/c1-12-11-18-13(2)15(19-12)17-10-9-16(3,20)14-7-5-4-6-8-14/h4-8,11,20H,9-10H2,1-3H3,(H,17,19). The summed E-state index contributed by atoms with van der Waals surface area (Å²) in [6.45, 7) is 6.31. The molecule has 0 aliphatic carbocycles. The molecule has 20 heavy (non-hydrogen) atoms. The third-order valence-electron chi connectivity index (χ3n) is 3.38. The van der Waals surface area contributed by atoms with Gasteiger partial charge in [-0.25, -0.2) is 4.98 Å². The van der Waals surface area contributed by atoms with E-state index in [-0.39, 0.29) is 0 Å². The highest BCUT2D eigenvalue weighted by Gasteiger charge is 2.22. The Kier molecular flexibility index (Phi) is 4.35. The number of aliphatic hydroxyl groups is 1. The molecule has 1 aromatic carbocycles. The van der Waals surface area contributed by atoms with E-state index in [9.17, 15) is 5.11 Å². The van der Waals surface area contributed by atoms with Gasteiger partial charge in [0.15, 0.2) is 0 Å². The maximum Gasteiger partial charge on any atom is 0.147 e. The molecule has 0 saturated carbocycles. The SMILES string of the molecule is Cc1cnc(C)c(NCCC(C)(O)c2ccccc2)n1. The Balaban J connectivity index is 1.97. The fourth-order valence-electron chi connectivity index (χ4n) is 2.07. The van der Waals surface area contributed by atoms with Crippen molar-refractivity contribution in [2.24, 2.45) is 0 Å². The first kappa shape index (κ1) is 14.5. The molecule has 0 amide bonds. The van der Waals surface area contributed by atoms with Crippen molar-refractivity contribution in [2.45, 2.75) is 32.8 Å². The summed E-state index contributed by atoms with van der Waals surface area (Å²) in [6, 6.07) is 9.71. The van der Waals surface area contributed by atoms with Crippen molar-refractivity contribution in [1.82, 2.24) is 9.97 Å². The van der Waals surface area contributed by atoms with Gasteiger partial charge in [-0.15, -0.1) is 0 Å². The number of nitrogens with zero attached hydrogens (tertiary/aromatic N) is 2. The predicted molar refractivity (Wildman–Crippen MR) is 80.6 cm³/mol. The highest BCUT2D eigenvalue weighted by Crippen LogP contribution is 2.24. The molecule has 4 nitrogen and oxygen atoms in total. The molecule has 0 aliphatic rings. The maximum absolute atomic E-state index is 10.5. The molecule has 0 aliphatic heterocycles. The fourth-order valence-corrected chi connectivity index (χ4v) is 2.07. The smallest absolute Gasteiger partial charge is 0.147 e. The van der Waals surface area contributed by atoms with Crippen LogP contribution in [0.4, 0.5) is 5.82 Å². The van der Waals surface area contributed by atoms with E-state index >= 15 is 0 Å². The molecule has 2 rings (SSSR count). The number of hydrogen-bond donors (Lipinski definition) is 2. The molecule has 2 N–H and O–H groups in total. The van der Waals surface area contributed by atoms with E-state index in [1.165, 1.54) is 0 Å². The van der Waals surface area contributed by atoms with Crippen LogP contribution >= 0.6 is 0 Å². The monoisotopic (exact) mass is 271 g/mol. The van der Waals surface area contributed by atoms with E-state index in [1.807, 2.05) is 51.1 Å². The number of hydrogen-bond acceptors (Lipinski definition) is 4. The second-order valence-electron chi connectivity index (χ2n) is 5.26. The lowest BCUT2D eigenvalue weighted by Crippen LogP contribution is -2.25. The average molecular weight is 271 g/mol. The number of aryl methyl sites for hydroxylation is 2. The molecule has 0 bridgehead atoms. The lowest BCUT2D eigenvalue weighted by Gasteiger charge is -2.24. The molecule has 2 aromatic rings. The average Bonchev–Trinajstić information content (AvgIpc) is 2.43. The lowest BCUT2D eigenvalue weighted by atomic mass is 9.93. The van der Waals surface area contributed by atoms with Gasteiger partial charge in [-0.3, -0.25) is 4.98 Å². The van der Waals surface area contributed by atoms with E-state index in [0.29, 0.717) is 13.0 Å². The van der Waals surface area contributed by atoms with Crippen molar-refractivity contribution >= 4 is 5.82 Å². The molecular formula is C16H21N3O. The van der Waals surface area contributed by atoms with Crippen LogP contribution in [0.25, 0.3) is 0 Å². The zero-order valence-electron chi connectivity index (χ0n) is 12.2. The second kappa shape index (κ2) is 6.01. The van der Waals surface area contributed by atoms with E-state index in [0.717, 1.165) is 22.8 Å². The first-order valence-corrected chi connectivity index (χ1v) is 6.81. The Morgan fingerprint density at radius 3 is 2.60 bits per heavy atom. The Labute approximate surface area is 119 Å². The molecule has 106 valence electrons. The van der Waals surface area contributed by atoms with E-state index < -0.39 is 5.60 Å². The van der Waals surface area contributed by atoms with Crippen LogP contribution < -0.4 is 5.32 Å². The van der Waals surface area contributed by atoms with Crippen LogP contribution in [0.3, 0.4) is 0 Å². The molecule has 1 aromatic heterocycles. The van der Waals surface area contributed by atoms with Crippen LogP contribution in [0.15, 0.2) is 36.5 Å². The number of aromatic nitrogens is 2. The van der Waals surface area contributed by atoms with Gasteiger partial charge in [0.2, 0.25) is 0 Å². The normalized spacial score (nSPS) is 13.8. The van der Waals surface area contributed by atoms with Gasteiger partial charge in [-0.1, -0.05) is 30.3 Å². The van der Waals surface area contributed by atoms with Crippen LogP contribution in [-0.4, -0.2) is 21.6 Å². The van der Waals surface area contributed by atoms with Crippen molar-refractivity contribution in [3.8, 4) is 0 Å². The number of rotatable bonds is 5. The number of anilines is 1. The summed E-state index contributed by atoms with van der Waals surface area (Å²) < 4.78 is 0. The summed E-state index contributed by atoms with van der Waals surface area (Å²) in [4.78, 5) is 8.67. The van der Waals surface area contributed by atoms with E-state index in [1.54, 1.807) is 6.20 Å². The first-order chi connectivity index (χ1) is 9.49. The lowest BCUT2D eigenvalue weighted by molar-refractivity contribution is 0.0515. The molecule has 0 fully saturated rings. The van der Waals surface area contributed by atoms with Gasteiger partial charge in [0.05, 0.1) is 17.0 Å². The third kappa shape index (κ3) is 3.54. The van der Waals surface area contributed by atoms with Crippen molar-refractivity contribution < 1.29 is 5.11 Å². The number of benzene rings is 1. The van der Waals surface area contributed by atoms with Crippen molar-refractivity contribution in [3.05, 3.63) is 53.5 Å². The summed E-state index contributed by atoms with van der Waals surface area (Å²) in [5.74, 6) is 0.786. The molecular weight excluding hydrogens is 250 g/mol. The summed E-state index contributed by atoms with van der Waals surface area (Å²) in [7, 11) is 0. The molecule has 0 saturated heterocycles. The Bertz CT molecular complexity index is 567. The quantitative estimate of drug-likeness (QED) is 0.878. The van der Waals surface area contributed by atoms with Gasteiger partial charge < -0.3 is 10.4 Å². The Hall–Kier alpha value is -1.94. The van der Waals surface area contributed by atoms with Crippen LogP contribution in [0, 0.1) is 13.8 Å². The fraction of sp³-hybridized carbons (Fsp3) is 0.375. The van der Waals surface area contributed by atoms with Crippen LogP contribution in [0.1, 0.15) is 30.3 Å². The largest absolute Gasteiger partial charge is 0.385 e. The summed E-state index contributed by atoms with van der Waals surface area (Å²) in [6.07, 6.45) is 2.35. The zero-order valence-corrected chi connectivity index (χ0v) is 12.2. The van der Waals surface area contributed by atoms with Crippen molar-refractivity contribution in [2.75, 3.05) is 11.9 Å². The second-order valence-corrected chi connectivity index (χ2v) is 5.26. The molecule has 1 heterocycles. The zero-order chi connectivity index (χ0) is 14.6. The van der Waals surface area contributed by atoms with Crippen LogP contribution in [0.5, 0.6) is 0 Å². The topological polar surface area (TPSA) is 58.0 Å². The van der Waals surface area contributed by atoms with Crippen molar-refractivity contribution in [1.29, 1.82) is 0 Å². The first-order valence-electron chi connectivity index (χ1n) is 6.81. The highest BCUT2D eigenvalue weighted by atomic mass is 16.3. The molecule has 4 heteroatoms. The van der Waals surface area contributed by atoms with E-state index in [2.05, 4.69) is 15.3 Å². The Morgan fingerprint density at radius 2 is 1.90 bits per heavy atom. The predicted octanol–water partition coefficient (Wildman–Crippen LogP) is 2.80. The highest BCUT2D eigenvalue weighted by molar-refractivity contribution is 5.39. The van der Waals surface area contributed by atoms with Gasteiger partial charge >= 0.3 is 0 Å². The molecule has 0 spiro atoms. The summed E-state index contributed by atoms with van der Waals surface area (Å²) >= 11 is 0. The summed E-state index contributed by atoms with van der Waals surface area (Å²) in [5, 5.41) is 13.8. The van der Waals surface area contributed by atoms with Crippen LogP contribution in [0.2, 0.25) is 0 Å².